The molecule has 1 aliphatic rings. The average molecular weight is 830 g/mol. The van der Waals surface area contributed by atoms with E-state index in [1.807, 2.05) is 24.3 Å². The topological polar surface area (TPSA) is 123 Å². The number of aryl methyl sites for hydroxylation is 1. The highest BCUT2D eigenvalue weighted by Crippen LogP contribution is 2.44. The molecule has 0 unspecified atom stereocenters. The van der Waals surface area contributed by atoms with Crippen LogP contribution in [0.3, 0.4) is 0 Å². The summed E-state index contributed by atoms with van der Waals surface area (Å²) in [6.45, 7) is 6.29. The van der Waals surface area contributed by atoms with Crippen molar-refractivity contribution in [1.82, 2.24) is 16.0 Å². The van der Waals surface area contributed by atoms with Crippen LogP contribution in [-0.4, -0.2) is 48.7 Å². The van der Waals surface area contributed by atoms with Crippen molar-refractivity contribution in [1.29, 1.82) is 0 Å². The number of alkyl carbamates (subject to hydrolysis) is 1. The van der Waals surface area contributed by atoms with Gasteiger partial charge in [0.2, 0.25) is 5.91 Å². The fraction of sp³-hybridized carbons (Fsp3) is 0.349. The molecule has 4 aromatic carbocycles. The van der Waals surface area contributed by atoms with E-state index in [1.54, 1.807) is 45.0 Å². The van der Waals surface area contributed by atoms with Crippen LogP contribution in [0.15, 0.2) is 97.1 Å². The van der Waals surface area contributed by atoms with Gasteiger partial charge in [-0.05, 0) is 133 Å². The smallest absolute Gasteiger partial charge is 0.407 e. The number of nitrogens with one attached hydrogen (secondary N) is 3. The molecule has 0 saturated carbocycles. The molecular weight excluding hydrogens is 781 g/mol. The Labute approximate surface area is 325 Å². The van der Waals surface area contributed by atoms with E-state index in [-0.39, 0.29) is 18.4 Å². The van der Waals surface area contributed by atoms with Gasteiger partial charge in [0.1, 0.15) is 18.2 Å². The Morgan fingerprint density at radius 2 is 1.38 bits per heavy atom. The van der Waals surface area contributed by atoms with E-state index in [2.05, 4.69) is 87.1 Å². The Morgan fingerprint density at radius 3 is 2.02 bits per heavy atom. The summed E-state index contributed by atoms with van der Waals surface area (Å²) in [5, 5.41) is 8.59. The normalized spacial score (nSPS) is 12.6. The number of halogens is 1. The van der Waals surface area contributed by atoms with E-state index < -0.39 is 29.6 Å². The van der Waals surface area contributed by atoms with Crippen molar-refractivity contribution in [2.24, 2.45) is 0 Å². The third-order valence-electron chi connectivity index (χ3n) is 9.02. The Morgan fingerprint density at radius 1 is 0.755 bits per heavy atom. The van der Waals surface area contributed by atoms with Crippen LogP contribution in [0.5, 0.6) is 0 Å². The summed E-state index contributed by atoms with van der Waals surface area (Å²) in [5.74, 6) is -0.959. The number of amides is 3. The molecule has 0 aliphatic heterocycles. The molecule has 0 heterocycles. The molecule has 1 aliphatic carbocycles. The lowest BCUT2D eigenvalue weighted by molar-refractivity contribution is -0.157. The molecule has 9 nitrogen and oxygen atoms in total. The van der Waals surface area contributed by atoms with Crippen LogP contribution < -0.4 is 16.0 Å². The molecule has 0 spiro atoms. The van der Waals surface area contributed by atoms with E-state index in [0.717, 1.165) is 29.5 Å². The largest absolute Gasteiger partial charge is 0.458 e. The molecule has 5 rings (SSSR count). The maximum absolute atomic E-state index is 13.2. The second kappa shape index (κ2) is 18.9. The third-order valence-corrected chi connectivity index (χ3v) is 9.74. The lowest BCUT2D eigenvalue weighted by Crippen LogP contribution is -2.44. The quantitative estimate of drug-likeness (QED) is 0.0597. The predicted octanol–water partition coefficient (Wildman–Crippen LogP) is 8.08. The third kappa shape index (κ3) is 11.9. The second-order valence-corrected chi connectivity index (χ2v) is 15.5. The van der Waals surface area contributed by atoms with Gasteiger partial charge >= 0.3 is 12.1 Å². The molecule has 1 atom stereocenters. The Balaban J connectivity index is 1.04. The van der Waals surface area contributed by atoms with Crippen LogP contribution in [0.1, 0.15) is 91.4 Å². The summed E-state index contributed by atoms with van der Waals surface area (Å²) in [4.78, 5) is 51.3. The molecule has 4 aromatic rings. The number of benzene rings is 4. The van der Waals surface area contributed by atoms with E-state index in [0.29, 0.717) is 44.3 Å². The zero-order valence-electron chi connectivity index (χ0n) is 30.6. The van der Waals surface area contributed by atoms with Gasteiger partial charge in [-0.3, -0.25) is 9.59 Å². The molecule has 0 radical (unpaired) electrons. The summed E-state index contributed by atoms with van der Waals surface area (Å²) in [7, 11) is 0. The monoisotopic (exact) mass is 829 g/mol. The number of carbonyl (C=O) groups excluding carboxylic acids is 4. The summed E-state index contributed by atoms with van der Waals surface area (Å²) in [6, 6.07) is 30.7. The van der Waals surface area contributed by atoms with Crippen molar-refractivity contribution in [2.45, 2.75) is 83.4 Å². The van der Waals surface area contributed by atoms with E-state index >= 15 is 0 Å². The summed E-state index contributed by atoms with van der Waals surface area (Å²) < 4.78 is 12.4. The first kappa shape index (κ1) is 39.5. The van der Waals surface area contributed by atoms with Gasteiger partial charge in [0.15, 0.2) is 0 Å². The number of rotatable bonds is 16. The number of hydrogen-bond acceptors (Lipinski definition) is 6. The van der Waals surface area contributed by atoms with E-state index in [4.69, 9.17) is 9.47 Å². The highest BCUT2D eigenvalue weighted by molar-refractivity contribution is 14.1. The predicted molar refractivity (Wildman–Crippen MR) is 214 cm³/mol. The number of fused-ring (bicyclic) bond motifs is 3. The van der Waals surface area contributed by atoms with Crippen molar-refractivity contribution >= 4 is 46.5 Å². The first-order valence-electron chi connectivity index (χ1n) is 18.2. The lowest BCUT2D eigenvalue weighted by Gasteiger charge is -2.24. The molecule has 0 bridgehead atoms. The van der Waals surface area contributed by atoms with Gasteiger partial charge in [-0.1, -0.05) is 72.8 Å². The van der Waals surface area contributed by atoms with Crippen LogP contribution in [0.2, 0.25) is 0 Å². The van der Waals surface area contributed by atoms with Gasteiger partial charge in [-0.2, -0.15) is 0 Å². The second-order valence-electron chi connectivity index (χ2n) is 14.3. The van der Waals surface area contributed by atoms with Crippen molar-refractivity contribution in [2.75, 3.05) is 13.2 Å². The Hall–Kier alpha value is -4.71. The number of unbranched alkanes of at least 4 members (excludes halogenated alkanes) is 1. The van der Waals surface area contributed by atoms with Crippen molar-refractivity contribution < 1.29 is 28.7 Å². The molecule has 0 fully saturated rings. The molecule has 0 aromatic heterocycles. The first-order valence-corrected chi connectivity index (χ1v) is 19.3. The van der Waals surface area contributed by atoms with Gasteiger partial charge in [0.05, 0.1) is 0 Å². The SMILES string of the molecule is CC(C)(C)OC(=O)[C@H](CCCCNC(=O)OCC1c2ccccc2-c2ccccc21)NC(=O)c1ccc(CNC(=O)CCCc2ccc(I)cc2)cc1. The standard InChI is InChI=1S/C43H48IN3O6/c1-43(2,3)53-41(50)38(16-8-9-26-45-42(51)52-28-37-35-14-6-4-12-33(35)34-13-5-7-15-36(34)37)47-40(49)31-22-18-30(19-23-31)27-46-39(48)17-10-11-29-20-24-32(44)25-21-29/h4-7,12-15,18-25,37-38H,8-11,16-17,26-28H2,1-3H3,(H,45,51)(H,46,48)(H,47,49)/t38-/m0/s1. The van der Waals surface area contributed by atoms with Crippen LogP contribution in [0.25, 0.3) is 11.1 Å². The highest BCUT2D eigenvalue weighted by atomic mass is 127. The molecule has 3 amide bonds. The van der Waals surface area contributed by atoms with Crippen LogP contribution >= 0.6 is 22.6 Å². The number of hydrogen-bond donors (Lipinski definition) is 3. The minimum Gasteiger partial charge on any atom is -0.458 e. The van der Waals surface area contributed by atoms with Gasteiger partial charge in [-0.25, -0.2) is 9.59 Å². The molecular formula is C43H48IN3O6. The Kier molecular flexibility index (Phi) is 14.1. The summed E-state index contributed by atoms with van der Waals surface area (Å²) in [5.41, 5.74) is 6.38. The summed E-state index contributed by atoms with van der Waals surface area (Å²) in [6.07, 6.45) is 3.01. The van der Waals surface area contributed by atoms with Crippen LogP contribution in [0, 0.1) is 3.57 Å². The minimum absolute atomic E-state index is 0.0202. The molecule has 278 valence electrons. The zero-order valence-corrected chi connectivity index (χ0v) is 32.7. The molecule has 3 N–H and O–H groups in total. The van der Waals surface area contributed by atoms with Crippen molar-refractivity contribution in [3.05, 3.63) is 128 Å². The lowest BCUT2D eigenvalue weighted by atomic mass is 9.98. The fourth-order valence-corrected chi connectivity index (χ4v) is 6.70. The number of carbonyl (C=O) groups is 4. The average Bonchev–Trinajstić information content (AvgIpc) is 3.46. The van der Waals surface area contributed by atoms with Gasteiger partial charge in [0.25, 0.3) is 5.91 Å². The maximum Gasteiger partial charge on any atom is 0.407 e. The summed E-state index contributed by atoms with van der Waals surface area (Å²) >= 11 is 2.27. The van der Waals surface area contributed by atoms with Gasteiger partial charge in [0, 0.05) is 34.6 Å². The van der Waals surface area contributed by atoms with Gasteiger partial charge < -0.3 is 25.4 Å². The van der Waals surface area contributed by atoms with Crippen molar-refractivity contribution in [3.63, 3.8) is 0 Å². The fourth-order valence-electron chi connectivity index (χ4n) is 6.34. The van der Waals surface area contributed by atoms with Crippen LogP contribution in [0.4, 0.5) is 4.79 Å². The highest BCUT2D eigenvalue weighted by Gasteiger charge is 2.29. The minimum atomic E-state index is -0.866. The maximum atomic E-state index is 13.2. The number of esters is 1. The molecule has 53 heavy (non-hydrogen) atoms. The molecule has 10 heteroatoms. The van der Waals surface area contributed by atoms with E-state index in [9.17, 15) is 19.2 Å². The molecule has 0 saturated heterocycles. The van der Waals surface area contributed by atoms with Crippen LogP contribution in [-0.2, 0) is 32.0 Å². The number of ether oxygens (including phenoxy) is 2. The van der Waals surface area contributed by atoms with Gasteiger partial charge in [-0.15, -0.1) is 0 Å². The van der Waals surface area contributed by atoms with Crippen molar-refractivity contribution in [3.8, 4) is 11.1 Å². The zero-order chi connectivity index (χ0) is 37.8. The van der Waals surface area contributed by atoms with E-state index in [1.165, 1.54) is 20.3 Å². The Bertz CT molecular complexity index is 1820. The first-order chi connectivity index (χ1) is 25.5.